The van der Waals surface area contributed by atoms with E-state index in [1.807, 2.05) is 12.1 Å². The molecule has 0 aliphatic heterocycles. The van der Waals surface area contributed by atoms with Crippen molar-refractivity contribution in [3.05, 3.63) is 39.9 Å². The summed E-state index contributed by atoms with van der Waals surface area (Å²) in [6, 6.07) is 7.62. The molecule has 0 heterocycles. The van der Waals surface area contributed by atoms with Gasteiger partial charge in [0.15, 0.2) is 0 Å². The van der Waals surface area contributed by atoms with Crippen LogP contribution in [0.15, 0.2) is 24.3 Å². The molecule has 2 aliphatic carbocycles. The number of nitrogens with one attached hydrogen (secondary N) is 1. The van der Waals surface area contributed by atoms with Crippen LogP contribution in [0.1, 0.15) is 38.2 Å². The Morgan fingerprint density at radius 1 is 1.29 bits per heavy atom. The molecule has 2 saturated carbocycles. The van der Waals surface area contributed by atoms with Crippen molar-refractivity contribution in [2.75, 3.05) is 6.54 Å². The van der Waals surface area contributed by atoms with Crippen molar-refractivity contribution in [1.82, 2.24) is 5.32 Å². The van der Waals surface area contributed by atoms with Crippen LogP contribution in [0.2, 0.25) is 0 Å². The van der Waals surface area contributed by atoms with Crippen molar-refractivity contribution in [2.24, 2.45) is 17.8 Å². The molecule has 3 atom stereocenters. The molecule has 0 saturated heterocycles. The SMILES string of the molecule is CCCNC(Cc1ccc([N+](=O)[O-])cc1)C1C2CCCC21. The van der Waals surface area contributed by atoms with Crippen LogP contribution in [0.5, 0.6) is 0 Å². The monoisotopic (exact) mass is 288 g/mol. The van der Waals surface area contributed by atoms with Crippen LogP contribution >= 0.6 is 0 Å². The number of nitrogens with zero attached hydrogens (tertiary/aromatic N) is 1. The lowest BCUT2D eigenvalue weighted by Crippen LogP contribution is -2.35. The fraction of sp³-hybridized carbons (Fsp3) is 0.647. The van der Waals surface area contributed by atoms with Gasteiger partial charge in [0.1, 0.15) is 0 Å². The summed E-state index contributed by atoms with van der Waals surface area (Å²) in [4.78, 5) is 10.4. The van der Waals surface area contributed by atoms with E-state index in [1.165, 1.54) is 24.8 Å². The maximum atomic E-state index is 10.7. The Morgan fingerprint density at radius 3 is 2.52 bits per heavy atom. The zero-order chi connectivity index (χ0) is 14.8. The van der Waals surface area contributed by atoms with Gasteiger partial charge in [-0.15, -0.1) is 0 Å². The lowest BCUT2D eigenvalue weighted by molar-refractivity contribution is -0.384. The summed E-state index contributed by atoms with van der Waals surface area (Å²) in [6.45, 7) is 3.26. The van der Waals surface area contributed by atoms with Gasteiger partial charge >= 0.3 is 0 Å². The van der Waals surface area contributed by atoms with E-state index in [0.717, 1.165) is 37.1 Å². The Kier molecular flexibility index (Phi) is 4.24. The lowest BCUT2D eigenvalue weighted by Gasteiger charge is -2.20. The van der Waals surface area contributed by atoms with Crippen LogP contribution in [-0.4, -0.2) is 17.5 Å². The summed E-state index contributed by atoms with van der Waals surface area (Å²) in [5.41, 5.74) is 1.39. The molecule has 0 radical (unpaired) electrons. The van der Waals surface area contributed by atoms with E-state index in [0.29, 0.717) is 6.04 Å². The second-order valence-corrected chi connectivity index (χ2v) is 6.52. The summed E-state index contributed by atoms with van der Waals surface area (Å²) in [7, 11) is 0. The molecule has 0 bridgehead atoms. The fourth-order valence-electron chi connectivity index (χ4n) is 4.16. The zero-order valence-electron chi connectivity index (χ0n) is 12.6. The standard InChI is InChI=1S/C17H24N2O2/c1-2-10-18-16(17-14-4-3-5-15(14)17)11-12-6-8-13(9-7-12)19(20)21/h6-9,14-18H,2-5,10-11H2,1H3. The van der Waals surface area contributed by atoms with Gasteiger partial charge in [-0.25, -0.2) is 0 Å². The van der Waals surface area contributed by atoms with Crippen LogP contribution in [-0.2, 0) is 6.42 Å². The first kappa shape index (κ1) is 14.5. The van der Waals surface area contributed by atoms with Gasteiger partial charge in [0.25, 0.3) is 5.69 Å². The van der Waals surface area contributed by atoms with E-state index in [2.05, 4.69) is 12.2 Å². The van der Waals surface area contributed by atoms with Crippen molar-refractivity contribution >= 4 is 5.69 Å². The van der Waals surface area contributed by atoms with Gasteiger partial charge in [0.2, 0.25) is 0 Å². The van der Waals surface area contributed by atoms with Crippen molar-refractivity contribution in [3.8, 4) is 0 Å². The van der Waals surface area contributed by atoms with E-state index in [-0.39, 0.29) is 10.6 Å². The molecule has 0 aromatic heterocycles. The van der Waals surface area contributed by atoms with E-state index in [1.54, 1.807) is 12.1 Å². The maximum Gasteiger partial charge on any atom is 0.269 e. The Labute approximate surface area is 126 Å². The number of hydrogen-bond acceptors (Lipinski definition) is 3. The second-order valence-electron chi connectivity index (χ2n) is 6.52. The molecule has 0 spiro atoms. The maximum absolute atomic E-state index is 10.7. The Hall–Kier alpha value is -1.42. The molecule has 21 heavy (non-hydrogen) atoms. The molecule has 0 amide bonds. The highest BCUT2D eigenvalue weighted by Gasteiger charge is 2.55. The van der Waals surface area contributed by atoms with Gasteiger partial charge in [-0.1, -0.05) is 25.5 Å². The fourth-order valence-corrected chi connectivity index (χ4v) is 4.16. The van der Waals surface area contributed by atoms with Gasteiger partial charge in [0, 0.05) is 18.2 Å². The number of rotatable bonds is 7. The molecule has 4 heteroatoms. The molecule has 1 aromatic carbocycles. The molecular formula is C17H24N2O2. The first-order chi connectivity index (χ1) is 10.2. The van der Waals surface area contributed by atoms with Gasteiger partial charge in [0.05, 0.1) is 4.92 Å². The largest absolute Gasteiger partial charge is 0.313 e. The minimum absolute atomic E-state index is 0.181. The van der Waals surface area contributed by atoms with Crippen molar-refractivity contribution < 1.29 is 4.92 Å². The average Bonchev–Trinajstić information content (AvgIpc) is 2.96. The van der Waals surface area contributed by atoms with Gasteiger partial charge < -0.3 is 5.32 Å². The predicted molar refractivity (Wildman–Crippen MR) is 83.2 cm³/mol. The molecule has 2 fully saturated rings. The highest BCUT2D eigenvalue weighted by atomic mass is 16.6. The molecule has 4 nitrogen and oxygen atoms in total. The third-order valence-electron chi connectivity index (χ3n) is 5.20. The minimum atomic E-state index is -0.331. The van der Waals surface area contributed by atoms with E-state index < -0.39 is 0 Å². The van der Waals surface area contributed by atoms with E-state index in [4.69, 9.17) is 0 Å². The van der Waals surface area contributed by atoms with Crippen molar-refractivity contribution in [1.29, 1.82) is 0 Å². The van der Waals surface area contributed by atoms with Crippen LogP contribution in [0, 0.1) is 27.9 Å². The van der Waals surface area contributed by atoms with Gasteiger partial charge in [-0.05, 0) is 55.5 Å². The molecule has 1 aromatic rings. The normalized spacial score (nSPS) is 28.1. The number of fused-ring (bicyclic) bond motifs is 1. The predicted octanol–water partition coefficient (Wildman–Crippen LogP) is 3.55. The summed E-state index contributed by atoms with van der Waals surface area (Å²) in [5, 5.41) is 14.4. The van der Waals surface area contributed by atoms with Gasteiger partial charge in [-0.3, -0.25) is 10.1 Å². The first-order valence-electron chi connectivity index (χ1n) is 8.17. The first-order valence-corrected chi connectivity index (χ1v) is 8.17. The van der Waals surface area contributed by atoms with Crippen LogP contribution < -0.4 is 5.32 Å². The zero-order valence-corrected chi connectivity index (χ0v) is 12.6. The highest BCUT2D eigenvalue weighted by Crippen LogP contribution is 2.59. The summed E-state index contributed by atoms with van der Waals surface area (Å²) >= 11 is 0. The third-order valence-corrected chi connectivity index (χ3v) is 5.20. The van der Waals surface area contributed by atoms with Crippen molar-refractivity contribution in [2.45, 2.75) is 45.1 Å². The summed E-state index contributed by atoms with van der Waals surface area (Å²) in [5.74, 6) is 2.72. The van der Waals surface area contributed by atoms with Crippen LogP contribution in [0.3, 0.4) is 0 Å². The summed E-state index contributed by atoms with van der Waals surface area (Å²) in [6.07, 6.45) is 6.36. The number of nitro groups is 1. The number of non-ortho nitro benzene ring substituents is 1. The Balaban J connectivity index is 1.65. The minimum Gasteiger partial charge on any atom is -0.313 e. The molecule has 3 rings (SSSR count). The number of benzene rings is 1. The lowest BCUT2D eigenvalue weighted by atomic mass is 9.97. The molecule has 2 aliphatic rings. The quantitative estimate of drug-likeness (QED) is 0.616. The average molecular weight is 288 g/mol. The molecular weight excluding hydrogens is 264 g/mol. The van der Waals surface area contributed by atoms with Crippen LogP contribution in [0.4, 0.5) is 5.69 Å². The Morgan fingerprint density at radius 2 is 1.95 bits per heavy atom. The molecule has 1 N–H and O–H groups in total. The van der Waals surface area contributed by atoms with E-state index in [9.17, 15) is 10.1 Å². The topological polar surface area (TPSA) is 55.2 Å². The van der Waals surface area contributed by atoms with Crippen LogP contribution in [0.25, 0.3) is 0 Å². The summed E-state index contributed by atoms with van der Waals surface area (Å²) < 4.78 is 0. The molecule has 3 unspecified atom stereocenters. The third kappa shape index (κ3) is 3.10. The number of nitro benzene ring substituents is 1. The highest BCUT2D eigenvalue weighted by molar-refractivity contribution is 5.33. The molecule has 114 valence electrons. The second kappa shape index (κ2) is 6.14. The number of hydrogen-bond donors (Lipinski definition) is 1. The smallest absolute Gasteiger partial charge is 0.269 e. The van der Waals surface area contributed by atoms with Gasteiger partial charge in [-0.2, -0.15) is 0 Å². The van der Waals surface area contributed by atoms with E-state index >= 15 is 0 Å². The Bertz CT molecular complexity index is 490. The van der Waals surface area contributed by atoms with Crippen molar-refractivity contribution in [3.63, 3.8) is 0 Å².